The van der Waals surface area contributed by atoms with Crippen LogP contribution < -0.4 is 5.32 Å². The van der Waals surface area contributed by atoms with Gasteiger partial charge in [-0.3, -0.25) is 4.79 Å². The first-order chi connectivity index (χ1) is 9.89. The number of hydrogen-bond acceptors (Lipinski definition) is 2. The fourth-order valence-electron chi connectivity index (χ4n) is 1.78. The van der Waals surface area contributed by atoms with E-state index in [2.05, 4.69) is 26.2 Å². The molecule has 2 aromatic rings. The monoisotopic (exact) mass is 358 g/mol. The van der Waals surface area contributed by atoms with Crippen molar-refractivity contribution < 1.29 is 18.0 Å². The third-order valence-corrected chi connectivity index (χ3v) is 3.40. The van der Waals surface area contributed by atoms with Crippen molar-refractivity contribution in [1.82, 2.24) is 10.3 Å². The normalized spacial score (nSPS) is 11.2. The minimum atomic E-state index is -4.45. The fourth-order valence-corrected chi connectivity index (χ4v) is 2.21. The van der Waals surface area contributed by atoms with Gasteiger partial charge in [-0.2, -0.15) is 13.2 Å². The molecule has 2 rings (SSSR count). The van der Waals surface area contributed by atoms with Gasteiger partial charge in [0.05, 0.1) is 11.1 Å². The molecule has 3 nitrogen and oxygen atoms in total. The van der Waals surface area contributed by atoms with E-state index in [9.17, 15) is 18.0 Å². The Balaban J connectivity index is 2.14. The predicted molar refractivity (Wildman–Crippen MR) is 74.6 cm³/mol. The molecule has 1 amide bonds. The Kier molecular flexibility index (Phi) is 4.62. The highest BCUT2D eigenvalue weighted by molar-refractivity contribution is 9.10. The van der Waals surface area contributed by atoms with E-state index in [1.807, 2.05) is 0 Å². The molecular formula is C14H10BrF3N2O. The Morgan fingerprint density at radius 1 is 1.19 bits per heavy atom. The molecule has 0 bridgehead atoms. The molecule has 0 saturated heterocycles. The van der Waals surface area contributed by atoms with Gasteiger partial charge in [-0.25, -0.2) is 4.98 Å². The summed E-state index contributed by atoms with van der Waals surface area (Å²) < 4.78 is 38.8. The van der Waals surface area contributed by atoms with Crippen molar-refractivity contribution in [2.75, 3.05) is 0 Å². The van der Waals surface area contributed by atoms with Crippen molar-refractivity contribution in [2.24, 2.45) is 0 Å². The van der Waals surface area contributed by atoms with Crippen molar-refractivity contribution in [3.8, 4) is 0 Å². The van der Waals surface area contributed by atoms with Crippen LogP contribution in [-0.4, -0.2) is 10.9 Å². The second-order valence-corrected chi connectivity index (χ2v) is 4.93. The molecule has 0 unspecified atom stereocenters. The number of amides is 1. The maximum absolute atomic E-state index is 12.8. The van der Waals surface area contributed by atoms with Crippen LogP contribution in [0.5, 0.6) is 0 Å². The Hall–Kier alpha value is -1.89. The summed E-state index contributed by atoms with van der Waals surface area (Å²) in [5.74, 6) is -0.494. The fraction of sp³-hybridized carbons (Fsp3) is 0.143. The standard InChI is InChI=1S/C14H10BrF3N2O/c15-12-10(5-3-7-19-12)13(21)20-8-9-4-1-2-6-11(9)14(16,17)18/h1-7H,8H2,(H,20,21). The Morgan fingerprint density at radius 2 is 1.90 bits per heavy atom. The topological polar surface area (TPSA) is 42.0 Å². The summed E-state index contributed by atoms with van der Waals surface area (Å²) in [6.07, 6.45) is -2.95. The highest BCUT2D eigenvalue weighted by atomic mass is 79.9. The number of nitrogens with zero attached hydrogens (tertiary/aromatic N) is 1. The highest BCUT2D eigenvalue weighted by Gasteiger charge is 2.32. The van der Waals surface area contributed by atoms with Gasteiger partial charge in [0.25, 0.3) is 5.91 Å². The van der Waals surface area contributed by atoms with E-state index in [0.29, 0.717) is 4.60 Å². The zero-order valence-electron chi connectivity index (χ0n) is 10.6. The number of hydrogen-bond donors (Lipinski definition) is 1. The summed E-state index contributed by atoms with van der Waals surface area (Å²) in [7, 11) is 0. The van der Waals surface area contributed by atoms with E-state index < -0.39 is 17.6 Å². The highest BCUT2D eigenvalue weighted by Crippen LogP contribution is 2.31. The van der Waals surface area contributed by atoms with Gasteiger partial charge in [0.2, 0.25) is 0 Å². The molecule has 0 fully saturated rings. The number of carbonyl (C=O) groups excluding carboxylic acids is 1. The largest absolute Gasteiger partial charge is 0.416 e. The molecule has 0 radical (unpaired) electrons. The minimum Gasteiger partial charge on any atom is -0.348 e. The van der Waals surface area contributed by atoms with Gasteiger partial charge >= 0.3 is 6.18 Å². The Bertz CT molecular complexity index is 659. The van der Waals surface area contributed by atoms with Crippen molar-refractivity contribution in [2.45, 2.75) is 12.7 Å². The van der Waals surface area contributed by atoms with Crippen LogP contribution >= 0.6 is 15.9 Å². The van der Waals surface area contributed by atoms with E-state index in [-0.39, 0.29) is 17.7 Å². The summed E-state index contributed by atoms with van der Waals surface area (Å²) in [6, 6.07) is 8.23. The lowest BCUT2D eigenvalue weighted by atomic mass is 10.1. The van der Waals surface area contributed by atoms with Crippen LogP contribution in [0.15, 0.2) is 47.2 Å². The molecule has 0 saturated carbocycles. The molecule has 0 spiro atoms. The number of carbonyl (C=O) groups is 1. The van der Waals surface area contributed by atoms with Crippen LogP contribution in [0.2, 0.25) is 0 Å². The lowest BCUT2D eigenvalue weighted by Crippen LogP contribution is -2.25. The maximum atomic E-state index is 12.8. The predicted octanol–water partition coefficient (Wildman–Crippen LogP) is 3.79. The summed E-state index contributed by atoms with van der Waals surface area (Å²) >= 11 is 3.12. The Morgan fingerprint density at radius 3 is 2.57 bits per heavy atom. The van der Waals surface area contributed by atoms with Gasteiger partial charge in [0.15, 0.2) is 0 Å². The van der Waals surface area contributed by atoms with Gasteiger partial charge in [-0.15, -0.1) is 0 Å². The second-order valence-electron chi connectivity index (χ2n) is 4.18. The Labute approximate surface area is 127 Å². The van der Waals surface area contributed by atoms with Gasteiger partial charge in [0, 0.05) is 12.7 Å². The molecule has 0 aliphatic carbocycles. The van der Waals surface area contributed by atoms with Gasteiger partial charge in [-0.05, 0) is 39.7 Å². The first kappa shape index (κ1) is 15.5. The average molecular weight is 359 g/mol. The van der Waals surface area contributed by atoms with E-state index in [1.165, 1.54) is 30.5 Å². The number of pyridine rings is 1. The number of halogens is 4. The zero-order valence-corrected chi connectivity index (χ0v) is 12.2. The quantitative estimate of drug-likeness (QED) is 0.848. The van der Waals surface area contributed by atoms with Crippen LogP contribution in [0.25, 0.3) is 0 Å². The lowest BCUT2D eigenvalue weighted by molar-refractivity contribution is -0.138. The third kappa shape index (κ3) is 3.81. The molecular weight excluding hydrogens is 349 g/mol. The van der Waals surface area contributed by atoms with Crippen LogP contribution in [0.3, 0.4) is 0 Å². The second kappa shape index (κ2) is 6.26. The third-order valence-electron chi connectivity index (χ3n) is 2.77. The molecule has 1 N–H and O–H groups in total. The smallest absolute Gasteiger partial charge is 0.348 e. The van der Waals surface area contributed by atoms with Gasteiger partial charge in [-0.1, -0.05) is 18.2 Å². The summed E-state index contributed by atoms with van der Waals surface area (Å²) in [4.78, 5) is 15.8. The number of rotatable bonds is 3. The molecule has 7 heteroatoms. The van der Waals surface area contributed by atoms with E-state index in [4.69, 9.17) is 0 Å². The van der Waals surface area contributed by atoms with Crippen LogP contribution in [0, 0.1) is 0 Å². The molecule has 110 valence electrons. The number of aromatic nitrogens is 1. The van der Waals surface area contributed by atoms with Crippen molar-refractivity contribution in [1.29, 1.82) is 0 Å². The van der Waals surface area contributed by atoms with Crippen molar-refractivity contribution in [3.63, 3.8) is 0 Å². The zero-order chi connectivity index (χ0) is 15.5. The van der Waals surface area contributed by atoms with Gasteiger partial charge in [0.1, 0.15) is 4.60 Å². The summed E-state index contributed by atoms with van der Waals surface area (Å²) in [5.41, 5.74) is -0.476. The summed E-state index contributed by atoms with van der Waals surface area (Å²) in [6.45, 7) is -0.212. The molecule has 1 aromatic carbocycles. The van der Waals surface area contributed by atoms with Crippen molar-refractivity contribution >= 4 is 21.8 Å². The lowest BCUT2D eigenvalue weighted by Gasteiger charge is -2.13. The minimum absolute atomic E-state index is 0.0124. The van der Waals surface area contributed by atoms with Crippen LogP contribution in [0.1, 0.15) is 21.5 Å². The molecule has 1 aromatic heterocycles. The SMILES string of the molecule is O=C(NCc1ccccc1C(F)(F)F)c1cccnc1Br. The van der Waals surface area contributed by atoms with E-state index >= 15 is 0 Å². The number of alkyl halides is 3. The van der Waals surface area contributed by atoms with Crippen molar-refractivity contribution in [3.05, 3.63) is 63.9 Å². The van der Waals surface area contributed by atoms with E-state index in [0.717, 1.165) is 6.07 Å². The number of nitrogens with one attached hydrogen (secondary N) is 1. The van der Waals surface area contributed by atoms with Crippen LogP contribution in [-0.2, 0) is 12.7 Å². The average Bonchev–Trinajstić information content (AvgIpc) is 2.44. The molecule has 0 atom stereocenters. The summed E-state index contributed by atoms with van der Waals surface area (Å²) in [5, 5.41) is 2.46. The van der Waals surface area contributed by atoms with Crippen LogP contribution in [0.4, 0.5) is 13.2 Å². The van der Waals surface area contributed by atoms with Gasteiger partial charge < -0.3 is 5.32 Å². The number of benzene rings is 1. The first-order valence-electron chi connectivity index (χ1n) is 5.93. The molecule has 1 heterocycles. The molecule has 21 heavy (non-hydrogen) atoms. The molecule has 0 aliphatic heterocycles. The first-order valence-corrected chi connectivity index (χ1v) is 6.72. The maximum Gasteiger partial charge on any atom is 0.416 e. The van der Waals surface area contributed by atoms with E-state index in [1.54, 1.807) is 6.07 Å². The molecule has 0 aliphatic rings.